The molecule has 0 aliphatic carbocycles. The Morgan fingerprint density at radius 3 is 2.52 bits per heavy atom. The van der Waals surface area contributed by atoms with E-state index in [0.29, 0.717) is 12.2 Å². The molecule has 0 aromatic heterocycles. The molecule has 2 N–H and O–H groups in total. The van der Waals surface area contributed by atoms with Crippen molar-refractivity contribution >= 4 is 6.03 Å². The number of urea groups is 1. The molecule has 0 unspecified atom stereocenters. The zero-order valence-electron chi connectivity index (χ0n) is 13.3. The zero-order chi connectivity index (χ0) is 16.7. The lowest BCUT2D eigenvalue weighted by atomic mass is 10.1. The van der Waals surface area contributed by atoms with Crippen LogP contribution < -0.4 is 15.4 Å². The third kappa shape index (κ3) is 4.98. The summed E-state index contributed by atoms with van der Waals surface area (Å²) in [5, 5.41) is 5.48. The second-order valence-electron chi connectivity index (χ2n) is 5.14. The van der Waals surface area contributed by atoms with Gasteiger partial charge in [-0.25, -0.2) is 9.18 Å². The van der Waals surface area contributed by atoms with Gasteiger partial charge in [0.05, 0.1) is 12.6 Å². The van der Waals surface area contributed by atoms with Crippen LogP contribution >= 0.6 is 0 Å². The summed E-state index contributed by atoms with van der Waals surface area (Å²) in [6.07, 6.45) is 0. The van der Waals surface area contributed by atoms with Gasteiger partial charge in [-0.1, -0.05) is 30.3 Å². The van der Waals surface area contributed by atoms with Crippen LogP contribution in [0.5, 0.6) is 5.75 Å². The minimum atomic E-state index is -0.338. The van der Waals surface area contributed by atoms with Gasteiger partial charge in [-0.2, -0.15) is 0 Å². The largest absolute Gasteiger partial charge is 0.494 e. The third-order valence-electron chi connectivity index (χ3n) is 3.44. The van der Waals surface area contributed by atoms with Crippen molar-refractivity contribution in [3.63, 3.8) is 0 Å². The average Bonchev–Trinajstić information content (AvgIpc) is 2.55. The van der Waals surface area contributed by atoms with Crippen LogP contribution in [0.4, 0.5) is 9.18 Å². The molecule has 0 bridgehead atoms. The molecule has 122 valence electrons. The Bertz CT molecular complexity index is 644. The number of benzene rings is 2. The summed E-state index contributed by atoms with van der Waals surface area (Å²) < 4.78 is 18.9. The zero-order valence-corrected chi connectivity index (χ0v) is 13.3. The predicted molar refractivity (Wildman–Crippen MR) is 87.8 cm³/mol. The smallest absolute Gasteiger partial charge is 0.315 e. The lowest BCUT2D eigenvalue weighted by molar-refractivity contribution is 0.237. The Balaban J connectivity index is 1.85. The molecule has 2 rings (SSSR count). The first-order valence-corrected chi connectivity index (χ1v) is 7.60. The molecule has 1 atom stereocenters. The molecule has 2 amide bonds. The fourth-order valence-electron chi connectivity index (χ4n) is 2.17. The van der Waals surface area contributed by atoms with E-state index >= 15 is 0 Å². The van der Waals surface area contributed by atoms with Gasteiger partial charge in [0.1, 0.15) is 11.6 Å². The lowest BCUT2D eigenvalue weighted by Gasteiger charge is -2.16. The summed E-state index contributed by atoms with van der Waals surface area (Å²) in [6.45, 7) is 4.58. The first kappa shape index (κ1) is 16.8. The van der Waals surface area contributed by atoms with Crippen LogP contribution in [0.1, 0.15) is 31.0 Å². The highest BCUT2D eigenvalue weighted by Gasteiger charge is 2.10. The molecule has 2 aromatic carbocycles. The van der Waals surface area contributed by atoms with Crippen molar-refractivity contribution in [1.29, 1.82) is 0 Å². The van der Waals surface area contributed by atoms with Gasteiger partial charge in [-0.15, -0.1) is 0 Å². The van der Waals surface area contributed by atoms with E-state index < -0.39 is 0 Å². The van der Waals surface area contributed by atoms with Gasteiger partial charge in [0.2, 0.25) is 0 Å². The van der Waals surface area contributed by atoms with Crippen LogP contribution in [-0.2, 0) is 6.54 Å². The van der Waals surface area contributed by atoms with Crippen molar-refractivity contribution in [3.05, 3.63) is 65.5 Å². The van der Waals surface area contributed by atoms with Crippen LogP contribution in [-0.4, -0.2) is 12.6 Å². The van der Waals surface area contributed by atoms with Gasteiger partial charge in [0.15, 0.2) is 0 Å². The van der Waals surface area contributed by atoms with E-state index in [1.54, 1.807) is 18.2 Å². The lowest BCUT2D eigenvalue weighted by Crippen LogP contribution is -2.36. The number of carbonyl (C=O) groups is 1. The highest BCUT2D eigenvalue weighted by atomic mass is 19.1. The topological polar surface area (TPSA) is 50.4 Å². The first-order valence-electron chi connectivity index (χ1n) is 7.60. The van der Waals surface area contributed by atoms with Gasteiger partial charge < -0.3 is 15.4 Å². The van der Waals surface area contributed by atoms with Crippen molar-refractivity contribution in [1.82, 2.24) is 10.6 Å². The monoisotopic (exact) mass is 316 g/mol. The minimum absolute atomic E-state index is 0.147. The second kappa shape index (κ2) is 8.17. The van der Waals surface area contributed by atoms with E-state index in [1.165, 1.54) is 6.07 Å². The standard InChI is InChI=1S/C18H21FN2O2/c1-3-23-16-10-8-14(9-11-16)13(2)21-18(22)20-12-15-6-4-5-7-17(15)19/h4-11,13H,3,12H2,1-2H3,(H2,20,21,22)/t13-/m0/s1. The number of hydrogen-bond donors (Lipinski definition) is 2. The summed E-state index contributed by atoms with van der Waals surface area (Å²) in [4.78, 5) is 11.9. The van der Waals surface area contributed by atoms with Gasteiger partial charge >= 0.3 is 6.03 Å². The van der Waals surface area contributed by atoms with Crippen LogP contribution in [0.15, 0.2) is 48.5 Å². The Labute approximate surface area is 135 Å². The Morgan fingerprint density at radius 2 is 1.87 bits per heavy atom. The van der Waals surface area contributed by atoms with E-state index in [-0.39, 0.29) is 24.4 Å². The van der Waals surface area contributed by atoms with E-state index in [2.05, 4.69) is 10.6 Å². The minimum Gasteiger partial charge on any atom is -0.494 e. The highest BCUT2D eigenvalue weighted by Crippen LogP contribution is 2.17. The molecule has 2 aromatic rings. The van der Waals surface area contributed by atoms with Crippen molar-refractivity contribution in [2.24, 2.45) is 0 Å². The molecule has 0 spiro atoms. The Kier molecular flexibility index (Phi) is 5.97. The van der Waals surface area contributed by atoms with E-state index in [1.807, 2.05) is 38.1 Å². The Hall–Kier alpha value is -2.56. The van der Waals surface area contributed by atoms with Crippen LogP contribution in [0, 0.1) is 5.82 Å². The number of amides is 2. The van der Waals surface area contributed by atoms with Crippen LogP contribution in [0.2, 0.25) is 0 Å². The normalized spacial score (nSPS) is 11.6. The summed E-state index contributed by atoms with van der Waals surface area (Å²) in [5.41, 5.74) is 1.42. The third-order valence-corrected chi connectivity index (χ3v) is 3.44. The Morgan fingerprint density at radius 1 is 1.17 bits per heavy atom. The maximum absolute atomic E-state index is 13.5. The molecule has 5 heteroatoms. The number of halogens is 1. The fourth-order valence-corrected chi connectivity index (χ4v) is 2.17. The fraction of sp³-hybridized carbons (Fsp3) is 0.278. The van der Waals surface area contributed by atoms with Crippen molar-refractivity contribution in [2.75, 3.05) is 6.61 Å². The number of ether oxygens (including phenoxy) is 1. The molecule has 0 aliphatic heterocycles. The molecule has 4 nitrogen and oxygen atoms in total. The first-order chi connectivity index (χ1) is 11.1. The average molecular weight is 316 g/mol. The molecule has 0 fully saturated rings. The number of carbonyl (C=O) groups excluding carboxylic acids is 1. The molecule has 0 heterocycles. The summed E-state index contributed by atoms with van der Waals surface area (Å²) in [5.74, 6) is 0.472. The predicted octanol–water partition coefficient (Wildman–Crippen LogP) is 3.78. The van der Waals surface area contributed by atoms with Crippen molar-refractivity contribution in [2.45, 2.75) is 26.4 Å². The summed E-state index contributed by atoms with van der Waals surface area (Å²) in [6, 6.07) is 13.4. The maximum Gasteiger partial charge on any atom is 0.315 e. The number of hydrogen-bond acceptors (Lipinski definition) is 2. The molecular weight excluding hydrogens is 295 g/mol. The van der Waals surface area contributed by atoms with Crippen molar-refractivity contribution in [3.8, 4) is 5.75 Å². The van der Waals surface area contributed by atoms with Crippen LogP contribution in [0.3, 0.4) is 0 Å². The SMILES string of the molecule is CCOc1ccc([C@H](C)NC(=O)NCc2ccccc2F)cc1. The molecule has 0 saturated carbocycles. The van der Waals surface area contributed by atoms with Gasteiger partial charge in [0.25, 0.3) is 0 Å². The molecule has 23 heavy (non-hydrogen) atoms. The van der Waals surface area contributed by atoms with Crippen molar-refractivity contribution < 1.29 is 13.9 Å². The maximum atomic E-state index is 13.5. The number of nitrogens with one attached hydrogen (secondary N) is 2. The van der Waals surface area contributed by atoms with E-state index in [9.17, 15) is 9.18 Å². The molecule has 0 radical (unpaired) electrons. The number of rotatable bonds is 6. The second-order valence-corrected chi connectivity index (χ2v) is 5.14. The summed E-state index contributed by atoms with van der Waals surface area (Å²) >= 11 is 0. The molecular formula is C18H21FN2O2. The summed E-state index contributed by atoms with van der Waals surface area (Å²) in [7, 11) is 0. The van der Waals surface area contributed by atoms with Gasteiger partial charge in [-0.3, -0.25) is 0 Å². The molecule has 0 aliphatic rings. The van der Waals surface area contributed by atoms with Gasteiger partial charge in [0, 0.05) is 12.1 Å². The molecule has 0 saturated heterocycles. The highest BCUT2D eigenvalue weighted by molar-refractivity contribution is 5.74. The van der Waals surface area contributed by atoms with Crippen LogP contribution in [0.25, 0.3) is 0 Å². The van der Waals surface area contributed by atoms with E-state index in [0.717, 1.165) is 11.3 Å². The quantitative estimate of drug-likeness (QED) is 0.852. The van der Waals surface area contributed by atoms with Gasteiger partial charge in [-0.05, 0) is 37.6 Å². The van der Waals surface area contributed by atoms with E-state index in [4.69, 9.17) is 4.74 Å².